The molecule has 1 fully saturated rings. The molecule has 5 heteroatoms. The highest BCUT2D eigenvalue weighted by Crippen LogP contribution is 2.38. The maximum atomic E-state index is 13.0. The van der Waals surface area contributed by atoms with E-state index >= 15 is 0 Å². The van der Waals surface area contributed by atoms with E-state index < -0.39 is 0 Å². The molecule has 0 saturated carbocycles. The molecule has 162 valence electrons. The molecule has 0 bridgehead atoms. The summed E-state index contributed by atoms with van der Waals surface area (Å²) in [5, 5.41) is 6.49. The molecule has 3 aromatic carbocycles. The van der Waals surface area contributed by atoms with Gasteiger partial charge in [-0.05, 0) is 73.8 Å². The maximum Gasteiger partial charge on any atom is 0.258 e. The van der Waals surface area contributed by atoms with Crippen molar-refractivity contribution in [1.82, 2.24) is 4.90 Å². The van der Waals surface area contributed by atoms with Crippen LogP contribution < -0.4 is 16.4 Å². The third-order valence-electron chi connectivity index (χ3n) is 6.24. The number of carbonyl (C=O) groups excluding carboxylic acids is 1. The van der Waals surface area contributed by atoms with Crippen LogP contribution in [0.3, 0.4) is 0 Å². The smallest absolute Gasteiger partial charge is 0.258 e. The number of anilines is 3. The van der Waals surface area contributed by atoms with Crippen LogP contribution in [0.15, 0.2) is 72.8 Å². The molecule has 1 saturated heterocycles. The Morgan fingerprint density at radius 2 is 1.72 bits per heavy atom. The number of carbonyl (C=O) groups is 1. The number of nitrogens with two attached hydrogens (primary N) is 1. The fourth-order valence-electron chi connectivity index (χ4n) is 4.51. The lowest BCUT2D eigenvalue weighted by Crippen LogP contribution is -2.21. The summed E-state index contributed by atoms with van der Waals surface area (Å²) < 4.78 is 0. The highest BCUT2D eigenvalue weighted by atomic mass is 16.2. The van der Waals surface area contributed by atoms with Gasteiger partial charge < -0.3 is 21.3 Å². The molecular weight excluding hydrogens is 396 g/mol. The van der Waals surface area contributed by atoms with Crippen LogP contribution in [0.4, 0.5) is 17.1 Å². The average Bonchev–Trinajstić information content (AvgIpc) is 3.45. The van der Waals surface area contributed by atoms with E-state index in [0.29, 0.717) is 11.3 Å². The molecule has 2 aliphatic heterocycles. The molecule has 0 unspecified atom stereocenters. The summed E-state index contributed by atoms with van der Waals surface area (Å²) in [6.45, 7) is 3.56. The Kier molecular flexibility index (Phi) is 5.65. The molecule has 4 N–H and O–H groups in total. The summed E-state index contributed by atoms with van der Waals surface area (Å²) >= 11 is 0. The zero-order chi connectivity index (χ0) is 21.9. The number of benzene rings is 3. The van der Waals surface area contributed by atoms with E-state index in [-0.39, 0.29) is 5.91 Å². The number of nitrogens with zero attached hydrogens (tertiary/aromatic N) is 1. The minimum Gasteiger partial charge on any atom is -0.399 e. The van der Waals surface area contributed by atoms with Crippen LogP contribution in [0.1, 0.15) is 29.5 Å². The number of nitrogens with one attached hydrogen (secondary N) is 2. The normalized spacial score (nSPS) is 17.2. The Labute approximate surface area is 188 Å². The fourth-order valence-corrected chi connectivity index (χ4v) is 4.51. The second kappa shape index (κ2) is 8.89. The molecule has 0 spiro atoms. The van der Waals surface area contributed by atoms with Crippen molar-refractivity contribution in [2.75, 3.05) is 36.0 Å². The Morgan fingerprint density at radius 3 is 2.47 bits per heavy atom. The molecule has 5 rings (SSSR count). The Hall–Kier alpha value is -3.57. The van der Waals surface area contributed by atoms with Crippen LogP contribution in [-0.2, 0) is 11.2 Å². The predicted molar refractivity (Wildman–Crippen MR) is 132 cm³/mol. The van der Waals surface area contributed by atoms with Crippen molar-refractivity contribution in [2.45, 2.75) is 19.3 Å². The standard InChI is InChI=1S/C27H28N4O/c28-21-10-13-24-23(18-21)25(27(32)30-24)26(20-6-2-1-3-7-20)29-22-11-8-19(9-12-22)14-17-31-15-4-5-16-31/h1-3,6-13,18,29H,4-5,14-17,28H2,(H,30,32). The molecule has 0 aromatic heterocycles. The van der Waals surface area contributed by atoms with Gasteiger partial charge in [0.05, 0.1) is 11.3 Å². The van der Waals surface area contributed by atoms with E-state index in [4.69, 9.17) is 5.73 Å². The van der Waals surface area contributed by atoms with Crippen molar-refractivity contribution in [3.8, 4) is 0 Å². The van der Waals surface area contributed by atoms with Gasteiger partial charge in [-0.15, -0.1) is 0 Å². The summed E-state index contributed by atoms with van der Waals surface area (Å²) in [5.41, 5.74) is 12.9. The van der Waals surface area contributed by atoms with Crippen molar-refractivity contribution in [1.29, 1.82) is 0 Å². The van der Waals surface area contributed by atoms with Crippen molar-refractivity contribution >= 4 is 34.2 Å². The van der Waals surface area contributed by atoms with Gasteiger partial charge in [-0.2, -0.15) is 0 Å². The SMILES string of the molecule is Nc1ccc2c(c1)C(=C(Nc1ccc(CCN3CCCC3)cc1)c1ccccc1)C(=O)N2. The molecule has 2 aliphatic rings. The monoisotopic (exact) mass is 424 g/mol. The first-order valence-electron chi connectivity index (χ1n) is 11.3. The van der Waals surface area contributed by atoms with Crippen molar-refractivity contribution in [3.05, 3.63) is 89.5 Å². The number of amides is 1. The molecule has 2 heterocycles. The Bertz CT molecular complexity index is 1150. The Balaban J connectivity index is 1.45. The van der Waals surface area contributed by atoms with Crippen LogP contribution in [0, 0.1) is 0 Å². The lowest BCUT2D eigenvalue weighted by atomic mass is 9.99. The zero-order valence-corrected chi connectivity index (χ0v) is 18.1. The fraction of sp³-hybridized carbons (Fsp3) is 0.222. The van der Waals surface area contributed by atoms with Gasteiger partial charge in [0.1, 0.15) is 0 Å². The van der Waals surface area contributed by atoms with Gasteiger partial charge in [-0.25, -0.2) is 0 Å². The van der Waals surface area contributed by atoms with Crippen molar-refractivity contribution < 1.29 is 4.79 Å². The molecule has 3 aromatic rings. The first kappa shape index (κ1) is 20.3. The highest BCUT2D eigenvalue weighted by molar-refractivity contribution is 6.37. The van der Waals surface area contributed by atoms with Gasteiger partial charge in [0.2, 0.25) is 0 Å². The average molecular weight is 425 g/mol. The van der Waals surface area contributed by atoms with Crippen LogP contribution >= 0.6 is 0 Å². The molecule has 0 radical (unpaired) electrons. The minimum atomic E-state index is -0.126. The quantitative estimate of drug-likeness (QED) is 0.391. The van der Waals surface area contributed by atoms with Gasteiger partial charge in [0.15, 0.2) is 0 Å². The Morgan fingerprint density at radius 1 is 0.969 bits per heavy atom. The number of hydrogen-bond acceptors (Lipinski definition) is 4. The van der Waals surface area contributed by atoms with Crippen LogP contribution in [0.2, 0.25) is 0 Å². The van der Waals surface area contributed by atoms with Gasteiger partial charge in [-0.3, -0.25) is 4.79 Å². The summed E-state index contributed by atoms with van der Waals surface area (Å²) in [5.74, 6) is -0.126. The molecule has 0 aliphatic carbocycles. The molecular formula is C27H28N4O. The number of nitrogen functional groups attached to an aromatic ring is 1. The third-order valence-corrected chi connectivity index (χ3v) is 6.24. The first-order chi connectivity index (χ1) is 15.7. The molecule has 5 nitrogen and oxygen atoms in total. The topological polar surface area (TPSA) is 70.4 Å². The molecule has 0 atom stereocenters. The number of hydrogen-bond donors (Lipinski definition) is 3. The van der Waals surface area contributed by atoms with E-state index in [1.807, 2.05) is 42.5 Å². The number of rotatable bonds is 6. The molecule has 32 heavy (non-hydrogen) atoms. The maximum absolute atomic E-state index is 13.0. The van der Waals surface area contributed by atoms with Crippen LogP contribution in [-0.4, -0.2) is 30.4 Å². The van der Waals surface area contributed by atoms with Gasteiger partial charge in [0.25, 0.3) is 5.91 Å². The van der Waals surface area contributed by atoms with Crippen molar-refractivity contribution in [3.63, 3.8) is 0 Å². The largest absolute Gasteiger partial charge is 0.399 e. The van der Waals surface area contributed by atoms with E-state index in [2.05, 4.69) is 39.8 Å². The second-order valence-corrected chi connectivity index (χ2v) is 8.50. The number of likely N-dealkylation sites (tertiary alicyclic amines) is 1. The van der Waals surface area contributed by atoms with E-state index in [9.17, 15) is 4.79 Å². The second-order valence-electron chi connectivity index (χ2n) is 8.50. The third kappa shape index (κ3) is 4.25. The van der Waals surface area contributed by atoms with E-state index in [0.717, 1.165) is 41.2 Å². The van der Waals surface area contributed by atoms with E-state index in [1.165, 1.54) is 31.5 Å². The van der Waals surface area contributed by atoms with Gasteiger partial charge in [0, 0.05) is 29.2 Å². The summed E-state index contributed by atoms with van der Waals surface area (Å²) in [6.07, 6.45) is 3.70. The zero-order valence-electron chi connectivity index (χ0n) is 18.1. The van der Waals surface area contributed by atoms with Gasteiger partial charge >= 0.3 is 0 Å². The van der Waals surface area contributed by atoms with Crippen LogP contribution in [0.5, 0.6) is 0 Å². The van der Waals surface area contributed by atoms with Crippen molar-refractivity contribution in [2.24, 2.45) is 0 Å². The van der Waals surface area contributed by atoms with E-state index in [1.54, 1.807) is 6.07 Å². The molecule has 1 amide bonds. The number of fused-ring (bicyclic) bond motifs is 1. The van der Waals surface area contributed by atoms with Gasteiger partial charge in [-0.1, -0.05) is 42.5 Å². The summed E-state index contributed by atoms with van der Waals surface area (Å²) in [4.78, 5) is 15.5. The minimum absolute atomic E-state index is 0.126. The lowest BCUT2D eigenvalue weighted by molar-refractivity contribution is -0.110. The first-order valence-corrected chi connectivity index (χ1v) is 11.3. The highest BCUT2D eigenvalue weighted by Gasteiger charge is 2.28. The predicted octanol–water partition coefficient (Wildman–Crippen LogP) is 4.84. The lowest BCUT2D eigenvalue weighted by Gasteiger charge is -2.16. The van der Waals surface area contributed by atoms with Crippen LogP contribution in [0.25, 0.3) is 11.3 Å². The summed E-state index contributed by atoms with van der Waals surface area (Å²) in [7, 11) is 0. The summed E-state index contributed by atoms with van der Waals surface area (Å²) in [6, 6.07) is 24.0.